The molecule has 1 atom stereocenters. The molecule has 1 aliphatic rings. The number of carbonyl (C=O) groups excluding carboxylic acids is 1. The zero-order valence-electron chi connectivity index (χ0n) is 11.7. The Morgan fingerprint density at radius 3 is 2.65 bits per heavy atom. The molecule has 5 heteroatoms. The summed E-state index contributed by atoms with van der Waals surface area (Å²) in [6.07, 6.45) is 2.21. The molecule has 1 aromatic carbocycles. The fourth-order valence-electron chi connectivity index (χ4n) is 2.61. The van der Waals surface area contributed by atoms with Crippen LogP contribution >= 0.6 is 12.4 Å². The standard InChI is InChI=1S/C15H21FN2O.ClH/c1-11(17)13-5-7-18(8-6-13)15(19)10-12-3-2-4-14(16)9-12;/h2-4,9,11,13H,5-8,10,17H2,1H3;1H. The molecule has 112 valence electrons. The summed E-state index contributed by atoms with van der Waals surface area (Å²) in [7, 11) is 0. The Morgan fingerprint density at radius 2 is 2.10 bits per heavy atom. The second-order valence-corrected chi connectivity index (χ2v) is 5.38. The Labute approximate surface area is 125 Å². The van der Waals surface area contributed by atoms with Gasteiger partial charge < -0.3 is 10.6 Å². The Kier molecular flexibility index (Phi) is 6.43. The van der Waals surface area contributed by atoms with E-state index in [0.717, 1.165) is 31.5 Å². The third-order valence-electron chi connectivity index (χ3n) is 3.88. The molecule has 0 radical (unpaired) electrons. The number of hydrogen-bond acceptors (Lipinski definition) is 2. The molecular weight excluding hydrogens is 279 g/mol. The first kappa shape index (κ1) is 16.9. The maximum Gasteiger partial charge on any atom is 0.226 e. The minimum absolute atomic E-state index is 0. The lowest BCUT2D eigenvalue weighted by Gasteiger charge is -2.33. The van der Waals surface area contributed by atoms with Gasteiger partial charge in [-0.2, -0.15) is 0 Å². The lowest BCUT2D eigenvalue weighted by molar-refractivity contribution is -0.131. The minimum atomic E-state index is -0.291. The molecule has 1 unspecified atom stereocenters. The summed E-state index contributed by atoms with van der Waals surface area (Å²) < 4.78 is 13.1. The molecule has 2 N–H and O–H groups in total. The smallest absolute Gasteiger partial charge is 0.226 e. The fraction of sp³-hybridized carbons (Fsp3) is 0.533. The molecular formula is C15H22ClFN2O. The first-order valence-electron chi connectivity index (χ1n) is 6.84. The van der Waals surface area contributed by atoms with Crippen LogP contribution in [-0.4, -0.2) is 29.9 Å². The van der Waals surface area contributed by atoms with E-state index in [1.54, 1.807) is 12.1 Å². The van der Waals surface area contributed by atoms with E-state index in [-0.39, 0.29) is 36.6 Å². The van der Waals surface area contributed by atoms with Gasteiger partial charge in [0, 0.05) is 19.1 Å². The number of nitrogens with two attached hydrogens (primary N) is 1. The van der Waals surface area contributed by atoms with Crippen molar-refractivity contribution in [3.63, 3.8) is 0 Å². The summed E-state index contributed by atoms with van der Waals surface area (Å²) >= 11 is 0. The van der Waals surface area contributed by atoms with Crippen molar-refractivity contribution in [1.29, 1.82) is 0 Å². The van der Waals surface area contributed by atoms with Crippen molar-refractivity contribution in [3.8, 4) is 0 Å². The molecule has 1 amide bonds. The molecule has 2 rings (SSSR count). The summed E-state index contributed by atoms with van der Waals surface area (Å²) in [4.78, 5) is 14.0. The molecule has 1 aliphatic heterocycles. The highest BCUT2D eigenvalue weighted by molar-refractivity contribution is 5.85. The summed E-state index contributed by atoms with van der Waals surface area (Å²) in [5.41, 5.74) is 6.62. The van der Waals surface area contributed by atoms with Gasteiger partial charge in [0.1, 0.15) is 5.82 Å². The van der Waals surface area contributed by atoms with Crippen molar-refractivity contribution < 1.29 is 9.18 Å². The normalized spacial score (nSPS) is 17.4. The number of amides is 1. The van der Waals surface area contributed by atoms with Gasteiger partial charge in [0.2, 0.25) is 5.91 Å². The van der Waals surface area contributed by atoms with Crippen LogP contribution in [0.25, 0.3) is 0 Å². The van der Waals surface area contributed by atoms with Crippen LogP contribution < -0.4 is 5.73 Å². The van der Waals surface area contributed by atoms with Crippen LogP contribution in [0.1, 0.15) is 25.3 Å². The number of nitrogens with zero attached hydrogens (tertiary/aromatic N) is 1. The maximum absolute atomic E-state index is 13.1. The van der Waals surface area contributed by atoms with Gasteiger partial charge in [0.05, 0.1) is 6.42 Å². The third-order valence-corrected chi connectivity index (χ3v) is 3.88. The van der Waals surface area contributed by atoms with Crippen LogP contribution in [0.3, 0.4) is 0 Å². The van der Waals surface area contributed by atoms with Gasteiger partial charge in [0.15, 0.2) is 0 Å². The average Bonchev–Trinajstić information content (AvgIpc) is 2.39. The monoisotopic (exact) mass is 300 g/mol. The van der Waals surface area contributed by atoms with Crippen LogP contribution in [0.15, 0.2) is 24.3 Å². The molecule has 0 spiro atoms. The van der Waals surface area contributed by atoms with Crippen molar-refractivity contribution in [2.75, 3.05) is 13.1 Å². The molecule has 0 aliphatic carbocycles. The van der Waals surface area contributed by atoms with Crippen LogP contribution in [0, 0.1) is 11.7 Å². The second-order valence-electron chi connectivity index (χ2n) is 5.38. The summed E-state index contributed by atoms with van der Waals surface area (Å²) in [6, 6.07) is 6.44. The van der Waals surface area contributed by atoms with E-state index in [9.17, 15) is 9.18 Å². The topological polar surface area (TPSA) is 46.3 Å². The lowest BCUT2D eigenvalue weighted by Crippen LogP contribution is -2.43. The highest BCUT2D eigenvalue weighted by Crippen LogP contribution is 2.20. The van der Waals surface area contributed by atoms with Gasteiger partial charge in [-0.25, -0.2) is 4.39 Å². The first-order chi connectivity index (χ1) is 9.06. The van der Waals surface area contributed by atoms with E-state index < -0.39 is 0 Å². The van der Waals surface area contributed by atoms with Crippen molar-refractivity contribution in [1.82, 2.24) is 4.90 Å². The largest absolute Gasteiger partial charge is 0.342 e. The highest BCUT2D eigenvalue weighted by atomic mass is 35.5. The molecule has 1 fully saturated rings. The van der Waals surface area contributed by atoms with Crippen molar-refractivity contribution >= 4 is 18.3 Å². The van der Waals surface area contributed by atoms with Gasteiger partial charge in [-0.05, 0) is 43.4 Å². The van der Waals surface area contributed by atoms with Gasteiger partial charge in [-0.1, -0.05) is 12.1 Å². The fourth-order valence-corrected chi connectivity index (χ4v) is 2.61. The number of rotatable bonds is 3. The van der Waals surface area contributed by atoms with Crippen molar-refractivity contribution in [2.24, 2.45) is 11.7 Å². The summed E-state index contributed by atoms with van der Waals surface area (Å²) in [6.45, 7) is 3.55. The Hall–Kier alpha value is -1.13. The first-order valence-corrected chi connectivity index (χ1v) is 6.84. The maximum atomic E-state index is 13.1. The summed E-state index contributed by atoms with van der Waals surface area (Å²) in [5.74, 6) is 0.299. The van der Waals surface area contributed by atoms with E-state index in [4.69, 9.17) is 5.73 Å². The van der Waals surface area contributed by atoms with E-state index in [2.05, 4.69) is 0 Å². The van der Waals surface area contributed by atoms with E-state index in [0.29, 0.717) is 5.92 Å². The molecule has 0 aromatic heterocycles. The Morgan fingerprint density at radius 1 is 1.45 bits per heavy atom. The molecule has 3 nitrogen and oxygen atoms in total. The number of piperidine rings is 1. The Bertz CT molecular complexity index is 445. The third kappa shape index (κ3) is 4.46. The average molecular weight is 301 g/mol. The van der Waals surface area contributed by atoms with Crippen LogP contribution in [0.4, 0.5) is 4.39 Å². The van der Waals surface area contributed by atoms with E-state index in [1.165, 1.54) is 12.1 Å². The zero-order valence-corrected chi connectivity index (χ0v) is 12.5. The van der Waals surface area contributed by atoms with E-state index >= 15 is 0 Å². The molecule has 0 bridgehead atoms. The molecule has 0 saturated carbocycles. The van der Waals surface area contributed by atoms with Crippen LogP contribution in [-0.2, 0) is 11.2 Å². The highest BCUT2D eigenvalue weighted by Gasteiger charge is 2.24. The minimum Gasteiger partial charge on any atom is -0.342 e. The van der Waals surface area contributed by atoms with Crippen LogP contribution in [0.5, 0.6) is 0 Å². The van der Waals surface area contributed by atoms with Crippen molar-refractivity contribution in [2.45, 2.75) is 32.2 Å². The molecule has 20 heavy (non-hydrogen) atoms. The van der Waals surface area contributed by atoms with Gasteiger partial charge >= 0.3 is 0 Å². The van der Waals surface area contributed by atoms with E-state index in [1.807, 2.05) is 11.8 Å². The van der Waals surface area contributed by atoms with Gasteiger partial charge in [-0.3, -0.25) is 4.79 Å². The zero-order chi connectivity index (χ0) is 13.8. The van der Waals surface area contributed by atoms with Gasteiger partial charge in [0.25, 0.3) is 0 Å². The number of hydrogen-bond donors (Lipinski definition) is 1. The second kappa shape index (κ2) is 7.60. The quantitative estimate of drug-likeness (QED) is 0.931. The van der Waals surface area contributed by atoms with Gasteiger partial charge in [-0.15, -0.1) is 12.4 Å². The number of carbonyl (C=O) groups is 1. The number of benzene rings is 1. The molecule has 1 heterocycles. The molecule has 1 saturated heterocycles. The lowest BCUT2D eigenvalue weighted by atomic mass is 9.91. The van der Waals surface area contributed by atoms with Crippen LogP contribution in [0.2, 0.25) is 0 Å². The predicted octanol–water partition coefficient (Wildman–Crippen LogP) is 2.38. The number of likely N-dealkylation sites (tertiary alicyclic amines) is 1. The SMILES string of the molecule is CC(N)C1CCN(C(=O)Cc2cccc(F)c2)CC1.Cl. The predicted molar refractivity (Wildman–Crippen MR) is 80.3 cm³/mol. The molecule has 1 aromatic rings. The summed E-state index contributed by atoms with van der Waals surface area (Å²) in [5, 5.41) is 0. The van der Waals surface area contributed by atoms with Crippen molar-refractivity contribution in [3.05, 3.63) is 35.6 Å². The Balaban J connectivity index is 0.00000200. The number of halogens is 2.